The zero-order valence-electron chi connectivity index (χ0n) is 9.40. The summed E-state index contributed by atoms with van der Waals surface area (Å²) in [5.74, 6) is -0.0594. The Hall–Kier alpha value is -0.580. The predicted molar refractivity (Wildman–Crippen MR) is 60.2 cm³/mol. The van der Waals surface area contributed by atoms with E-state index in [1.807, 2.05) is 27.7 Å². The molecule has 0 aliphatic heterocycles. The molecule has 14 heavy (non-hydrogen) atoms. The minimum absolute atomic E-state index is 0.0594. The van der Waals surface area contributed by atoms with Crippen molar-refractivity contribution in [1.29, 1.82) is 0 Å². The smallest absolute Gasteiger partial charge is 0.239 e. The van der Waals surface area contributed by atoms with Crippen LogP contribution in [0.4, 0.5) is 0 Å². The Morgan fingerprint density at radius 3 is 2.36 bits per heavy atom. The molecule has 0 fully saturated rings. The van der Waals surface area contributed by atoms with Crippen molar-refractivity contribution in [3.05, 3.63) is 4.91 Å². The minimum atomic E-state index is -0.492. The maximum Gasteiger partial charge on any atom is 0.239 e. The fourth-order valence-corrected chi connectivity index (χ4v) is 2.69. The van der Waals surface area contributed by atoms with Crippen LogP contribution >= 0.6 is 11.8 Å². The highest BCUT2D eigenvalue weighted by atomic mass is 32.2. The van der Waals surface area contributed by atoms with Crippen LogP contribution in [0.2, 0.25) is 0 Å². The first-order valence-corrected chi connectivity index (χ1v) is 5.41. The maximum absolute atomic E-state index is 11.8. The van der Waals surface area contributed by atoms with Gasteiger partial charge in [0.2, 0.25) is 5.91 Å². The summed E-state index contributed by atoms with van der Waals surface area (Å²) in [7, 11) is 1.59. The lowest BCUT2D eigenvalue weighted by Crippen LogP contribution is -2.41. The van der Waals surface area contributed by atoms with Gasteiger partial charge in [-0.3, -0.25) is 4.79 Å². The van der Waals surface area contributed by atoms with Gasteiger partial charge < -0.3 is 4.90 Å². The van der Waals surface area contributed by atoms with E-state index in [0.717, 1.165) is 0 Å². The van der Waals surface area contributed by atoms with Gasteiger partial charge in [0, 0.05) is 12.3 Å². The minimum Gasteiger partial charge on any atom is -0.322 e. The SMILES string of the molecule is CC(C)SC(C)(C)C(=O)N(C)CN=O. The van der Waals surface area contributed by atoms with Crippen LogP contribution < -0.4 is 0 Å². The average molecular weight is 218 g/mol. The molecule has 0 aliphatic carbocycles. The summed E-state index contributed by atoms with van der Waals surface area (Å²) in [5, 5.41) is 3.08. The highest BCUT2D eigenvalue weighted by Gasteiger charge is 2.31. The van der Waals surface area contributed by atoms with Crippen LogP contribution in [-0.2, 0) is 4.79 Å². The number of amides is 1. The number of thioether (sulfide) groups is 1. The third-order valence-corrected chi connectivity index (χ3v) is 2.90. The number of carbonyl (C=O) groups excluding carboxylic acids is 1. The fraction of sp³-hybridized carbons (Fsp3) is 0.889. The Morgan fingerprint density at radius 2 is 2.00 bits per heavy atom. The highest BCUT2D eigenvalue weighted by molar-refractivity contribution is 8.01. The second kappa shape index (κ2) is 5.34. The topological polar surface area (TPSA) is 49.7 Å². The number of nitrogens with zero attached hydrogens (tertiary/aromatic N) is 2. The molecule has 0 aromatic carbocycles. The van der Waals surface area contributed by atoms with Gasteiger partial charge in [0.1, 0.15) is 0 Å². The Labute approximate surface area is 89.4 Å². The van der Waals surface area contributed by atoms with Crippen molar-refractivity contribution in [2.75, 3.05) is 13.7 Å². The summed E-state index contributed by atoms with van der Waals surface area (Å²) in [5.41, 5.74) is 0. The summed E-state index contributed by atoms with van der Waals surface area (Å²) in [6.45, 7) is 7.72. The third-order valence-electron chi connectivity index (χ3n) is 1.66. The number of carbonyl (C=O) groups is 1. The molecule has 4 nitrogen and oxygen atoms in total. The van der Waals surface area contributed by atoms with E-state index < -0.39 is 4.75 Å². The molecular formula is C9H18N2O2S. The summed E-state index contributed by atoms with van der Waals surface area (Å²) >= 11 is 1.58. The van der Waals surface area contributed by atoms with Gasteiger partial charge in [-0.25, -0.2) is 0 Å². The number of nitroso groups, excluding NO2 is 1. The molecule has 0 spiro atoms. The van der Waals surface area contributed by atoms with Crippen molar-refractivity contribution in [3.8, 4) is 0 Å². The van der Waals surface area contributed by atoms with E-state index in [9.17, 15) is 9.70 Å². The fourth-order valence-electron chi connectivity index (χ4n) is 1.25. The molecule has 0 bridgehead atoms. The first-order valence-electron chi connectivity index (χ1n) is 4.53. The molecule has 0 N–H and O–H groups in total. The quantitative estimate of drug-likeness (QED) is 0.664. The summed E-state index contributed by atoms with van der Waals surface area (Å²) in [4.78, 5) is 23.2. The van der Waals surface area contributed by atoms with Gasteiger partial charge in [-0.2, -0.15) is 0 Å². The lowest BCUT2D eigenvalue weighted by Gasteiger charge is -2.28. The van der Waals surface area contributed by atoms with Crippen LogP contribution in [0.25, 0.3) is 0 Å². The molecule has 0 aliphatic rings. The number of rotatable bonds is 5. The van der Waals surface area contributed by atoms with Gasteiger partial charge in [0.25, 0.3) is 0 Å². The number of hydrogen-bond acceptors (Lipinski definition) is 4. The Kier molecular flexibility index (Phi) is 5.12. The largest absolute Gasteiger partial charge is 0.322 e. The molecule has 0 rings (SSSR count). The lowest BCUT2D eigenvalue weighted by molar-refractivity contribution is -0.131. The second-order valence-corrected chi connectivity index (χ2v) is 6.15. The molecule has 1 amide bonds. The molecule has 0 aromatic rings. The highest BCUT2D eigenvalue weighted by Crippen LogP contribution is 2.30. The molecule has 0 aromatic heterocycles. The van der Waals surface area contributed by atoms with E-state index >= 15 is 0 Å². The van der Waals surface area contributed by atoms with Crippen LogP contribution in [0, 0.1) is 4.91 Å². The zero-order chi connectivity index (χ0) is 11.4. The Balaban J connectivity index is 4.40. The molecule has 0 radical (unpaired) electrons. The van der Waals surface area contributed by atoms with Gasteiger partial charge in [-0.15, -0.1) is 16.7 Å². The zero-order valence-corrected chi connectivity index (χ0v) is 10.2. The lowest BCUT2D eigenvalue weighted by atomic mass is 10.2. The van der Waals surface area contributed by atoms with Gasteiger partial charge in [-0.05, 0) is 19.0 Å². The predicted octanol–water partition coefficient (Wildman–Crippen LogP) is 2.09. The van der Waals surface area contributed by atoms with Crippen LogP contribution in [0.1, 0.15) is 27.7 Å². The third kappa shape index (κ3) is 4.09. The van der Waals surface area contributed by atoms with E-state index in [-0.39, 0.29) is 12.6 Å². The van der Waals surface area contributed by atoms with Crippen molar-refractivity contribution in [3.63, 3.8) is 0 Å². The van der Waals surface area contributed by atoms with Crippen LogP contribution in [0.15, 0.2) is 5.18 Å². The van der Waals surface area contributed by atoms with Gasteiger partial charge in [0.15, 0.2) is 6.67 Å². The molecule has 0 saturated heterocycles. The number of hydrogen-bond donors (Lipinski definition) is 0. The van der Waals surface area contributed by atoms with E-state index in [4.69, 9.17) is 0 Å². The standard InChI is InChI=1S/C9H18N2O2S/c1-7(2)14-9(3,4)8(12)11(5)6-10-13/h7H,6H2,1-5H3. The Bertz CT molecular complexity index is 217. The van der Waals surface area contributed by atoms with Gasteiger partial charge >= 0.3 is 0 Å². The van der Waals surface area contributed by atoms with Crippen LogP contribution in [0.3, 0.4) is 0 Å². The average Bonchev–Trinajstić information content (AvgIpc) is 2.01. The van der Waals surface area contributed by atoms with E-state index in [1.54, 1.807) is 18.8 Å². The molecule has 0 saturated carbocycles. The molecule has 0 heterocycles. The van der Waals surface area contributed by atoms with Crippen molar-refractivity contribution in [2.24, 2.45) is 5.18 Å². The maximum atomic E-state index is 11.8. The first kappa shape index (κ1) is 13.4. The normalized spacial score (nSPS) is 11.6. The summed E-state index contributed by atoms with van der Waals surface area (Å²) in [6.07, 6.45) is 0. The van der Waals surface area contributed by atoms with E-state index in [2.05, 4.69) is 5.18 Å². The first-order chi connectivity index (χ1) is 6.31. The van der Waals surface area contributed by atoms with E-state index in [1.165, 1.54) is 4.90 Å². The monoisotopic (exact) mass is 218 g/mol. The molecule has 82 valence electrons. The van der Waals surface area contributed by atoms with Crippen molar-refractivity contribution >= 4 is 17.7 Å². The van der Waals surface area contributed by atoms with Crippen molar-refractivity contribution in [2.45, 2.75) is 37.7 Å². The molecule has 5 heteroatoms. The van der Waals surface area contributed by atoms with Crippen molar-refractivity contribution < 1.29 is 4.79 Å². The van der Waals surface area contributed by atoms with Gasteiger partial charge in [0.05, 0.1) is 4.75 Å². The Morgan fingerprint density at radius 1 is 1.50 bits per heavy atom. The summed E-state index contributed by atoms with van der Waals surface area (Å²) < 4.78 is -0.492. The van der Waals surface area contributed by atoms with Crippen molar-refractivity contribution in [1.82, 2.24) is 4.90 Å². The summed E-state index contributed by atoms with van der Waals surface area (Å²) in [6, 6.07) is 0. The molecule has 0 atom stereocenters. The van der Waals surface area contributed by atoms with Crippen LogP contribution in [0.5, 0.6) is 0 Å². The van der Waals surface area contributed by atoms with E-state index in [0.29, 0.717) is 5.25 Å². The second-order valence-electron chi connectivity index (χ2n) is 3.95. The molecular weight excluding hydrogens is 200 g/mol. The van der Waals surface area contributed by atoms with Gasteiger partial charge in [-0.1, -0.05) is 13.8 Å². The van der Waals surface area contributed by atoms with Crippen LogP contribution in [-0.4, -0.2) is 34.5 Å². The molecule has 0 unspecified atom stereocenters.